The van der Waals surface area contributed by atoms with Crippen molar-refractivity contribution in [3.05, 3.63) is 70.3 Å². The van der Waals surface area contributed by atoms with E-state index in [1.165, 1.54) is 7.11 Å². The minimum absolute atomic E-state index is 0.106. The van der Waals surface area contributed by atoms with Crippen LogP contribution in [0.15, 0.2) is 48.0 Å². The molecule has 142 valence electrons. The summed E-state index contributed by atoms with van der Waals surface area (Å²) in [7, 11) is 2.86. The molecule has 0 saturated carbocycles. The molecule has 2 aromatic rings. The Balaban J connectivity index is 2.67. The van der Waals surface area contributed by atoms with Crippen molar-refractivity contribution in [2.75, 3.05) is 14.2 Å². The van der Waals surface area contributed by atoms with Gasteiger partial charge in [-0.05, 0) is 50.0 Å². The zero-order valence-corrected chi connectivity index (χ0v) is 16.5. The number of hydrogen-bond donors (Lipinski definition) is 1. The van der Waals surface area contributed by atoms with Gasteiger partial charge in [-0.1, -0.05) is 48.1 Å². The van der Waals surface area contributed by atoms with Crippen LogP contribution in [0.1, 0.15) is 47.8 Å². The number of aromatic hydroxyl groups is 1. The molecule has 1 N–H and O–H groups in total. The van der Waals surface area contributed by atoms with Crippen molar-refractivity contribution in [3.8, 4) is 11.5 Å². The second-order valence-electron chi connectivity index (χ2n) is 6.54. The number of phenols is 1. The molecule has 0 fully saturated rings. The van der Waals surface area contributed by atoms with Crippen LogP contribution in [-0.2, 0) is 11.2 Å². The molecule has 0 amide bonds. The summed E-state index contributed by atoms with van der Waals surface area (Å²) in [6.45, 7) is 5.91. The molecule has 0 aromatic heterocycles. The van der Waals surface area contributed by atoms with E-state index in [0.29, 0.717) is 23.3 Å². The van der Waals surface area contributed by atoms with Gasteiger partial charge in [0.25, 0.3) is 0 Å². The largest absolute Gasteiger partial charge is 0.507 e. The smallest absolute Gasteiger partial charge is 0.342 e. The standard InChI is InChI=1S/C23H26O4/c1-15(2)11-12-19-20(26-4)14-18(21(22(19)24)23(25)27-5)13-16(3)17-9-7-6-8-10-17/h6-11,13-14,24H,12H2,1-5H3. The molecule has 4 heteroatoms. The van der Waals surface area contributed by atoms with E-state index in [2.05, 4.69) is 0 Å². The third-order valence-corrected chi connectivity index (χ3v) is 4.32. The third kappa shape index (κ3) is 4.79. The van der Waals surface area contributed by atoms with Crippen molar-refractivity contribution >= 4 is 17.6 Å². The van der Waals surface area contributed by atoms with Crippen LogP contribution in [0.25, 0.3) is 11.6 Å². The molecule has 0 spiro atoms. The first-order valence-corrected chi connectivity index (χ1v) is 8.77. The minimum atomic E-state index is -0.583. The Labute approximate surface area is 160 Å². The van der Waals surface area contributed by atoms with E-state index >= 15 is 0 Å². The number of phenolic OH excluding ortho intramolecular Hbond substituents is 1. The number of ether oxygens (including phenoxy) is 2. The molecule has 0 saturated heterocycles. The van der Waals surface area contributed by atoms with Crippen molar-refractivity contribution in [1.29, 1.82) is 0 Å². The molecule has 2 aromatic carbocycles. The molecule has 2 rings (SSSR count). The number of esters is 1. The lowest BCUT2D eigenvalue weighted by Crippen LogP contribution is -2.07. The van der Waals surface area contributed by atoms with E-state index in [1.807, 2.05) is 63.3 Å². The Morgan fingerprint density at radius 3 is 2.33 bits per heavy atom. The van der Waals surface area contributed by atoms with Gasteiger partial charge in [0.1, 0.15) is 17.1 Å². The van der Waals surface area contributed by atoms with Crippen LogP contribution in [0.4, 0.5) is 0 Å². The third-order valence-electron chi connectivity index (χ3n) is 4.32. The van der Waals surface area contributed by atoms with Gasteiger partial charge in [-0.3, -0.25) is 0 Å². The van der Waals surface area contributed by atoms with Crippen LogP contribution in [0.3, 0.4) is 0 Å². The van der Waals surface area contributed by atoms with Crippen LogP contribution >= 0.6 is 0 Å². The minimum Gasteiger partial charge on any atom is -0.507 e. The maximum atomic E-state index is 12.4. The second-order valence-corrected chi connectivity index (χ2v) is 6.54. The number of carbonyl (C=O) groups excluding carboxylic acids is 1. The van der Waals surface area contributed by atoms with Crippen molar-refractivity contribution in [3.63, 3.8) is 0 Å². The summed E-state index contributed by atoms with van der Waals surface area (Å²) in [5.74, 6) is -0.156. The van der Waals surface area contributed by atoms with Crippen LogP contribution in [0.2, 0.25) is 0 Å². The van der Waals surface area contributed by atoms with Crippen molar-refractivity contribution < 1.29 is 19.4 Å². The number of allylic oxidation sites excluding steroid dienone is 3. The molecular formula is C23H26O4. The molecule has 0 aliphatic rings. The highest BCUT2D eigenvalue weighted by molar-refractivity contribution is 5.99. The van der Waals surface area contributed by atoms with Crippen molar-refractivity contribution in [2.45, 2.75) is 27.2 Å². The van der Waals surface area contributed by atoms with E-state index in [-0.39, 0.29) is 11.3 Å². The zero-order valence-electron chi connectivity index (χ0n) is 16.5. The summed E-state index contributed by atoms with van der Waals surface area (Å²) in [6, 6.07) is 11.6. The van der Waals surface area contributed by atoms with Crippen molar-refractivity contribution in [2.24, 2.45) is 0 Å². The van der Waals surface area contributed by atoms with E-state index in [0.717, 1.165) is 16.7 Å². The number of carbonyl (C=O) groups is 1. The van der Waals surface area contributed by atoms with Crippen LogP contribution in [0.5, 0.6) is 11.5 Å². The van der Waals surface area contributed by atoms with Crippen LogP contribution in [-0.4, -0.2) is 25.3 Å². The Morgan fingerprint density at radius 1 is 1.11 bits per heavy atom. The molecule has 27 heavy (non-hydrogen) atoms. The molecular weight excluding hydrogens is 340 g/mol. The normalized spacial score (nSPS) is 11.1. The van der Waals surface area contributed by atoms with Gasteiger partial charge in [-0.2, -0.15) is 0 Å². The highest BCUT2D eigenvalue weighted by atomic mass is 16.5. The first-order chi connectivity index (χ1) is 12.9. The van der Waals surface area contributed by atoms with Crippen molar-refractivity contribution in [1.82, 2.24) is 0 Å². The van der Waals surface area contributed by atoms with E-state index in [4.69, 9.17) is 9.47 Å². The van der Waals surface area contributed by atoms with Gasteiger partial charge in [0.05, 0.1) is 14.2 Å². The summed E-state index contributed by atoms with van der Waals surface area (Å²) >= 11 is 0. The van der Waals surface area contributed by atoms with Gasteiger partial charge >= 0.3 is 5.97 Å². The highest BCUT2D eigenvalue weighted by Gasteiger charge is 2.23. The summed E-state index contributed by atoms with van der Waals surface area (Å²) < 4.78 is 10.4. The maximum absolute atomic E-state index is 12.4. The molecule has 0 atom stereocenters. The first-order valence-electron chi connectivity index (χ1n) is 8.77. The number of hydrogen-bond acceptors (Lipinski definition) is 4. The lowest BCUT2D eigenvalue weighted by Gasteiger charge is -2.16. The van der Waals surface area contributed by atoms with Gasteiger partial charge in [-0.15, -0.1) is 0 Å². The van der Waals surface area contributed by atoms with Gasteiger partial charge in [0.15, 0.2) is 0 Å². The molecule has 4 nitrogen and oxygen atoms in total. The predicted molar refractivity (Wildman–Crippen MR) is 109 cm³/mol. The quantitative estimate of drug-likeness (QED) is 0.431. The molecule has 0 bridgehead atoms. The first kappa shape index (κ1) is 20.3. The molecule has 0 unspecified atom stereocenters. The molecule has 0 heterocycles. The number of benzene rings is 2. The second kappa shape index (κ2) is 9.08. The van der Waals surface area contributed by atoms with Gasteiger partial charge in [0.2, 0.25) is 0 Å². The SMILES string of the molecule is COC(=O)c1c(C=C(C)c2ccccc2)cc(OC)c(CC=C(C)C)c1O. The van der Waals surface area contributed by atoms with Crippen LogP contribution in [0, 0.1) is 0 Å². The van der Waals surface area contributed by atoms with E-state index in [9.17, 15) is 9.90 Å². The predicted octanol–water partition coefficient (Wildman–Crippen LogP) is 5.26. The summed E-state index contributed by atoms with van der Waals surface area (Å²) in [5, 5.41) is 10.8. The fourth-order valence-corrected chi connectivity index (χ4v) is 2.84. The Morgan fingerprint density at radius 2 is 1.78 bits per heavy atom. The summed E-state index contributed by atoms with van der Waals surface area (Å²) in [4.78, 5) is 12.4. The van der Waals surface area contributed by atoms with Crippen LogP contribution < -0.4 is 4.74 Å². The van der Waals surface area contributed by atoms with Gasteiger partial charge in [0, 0.05) is 5.56 Å². The van der Waals surface area contributed by atoms with E-state index in [1.54, 1.807) is 13.2 Å². The lowest BCUT2D eigenvalue weighted by atomic mass is 9.95. The average Bonchev–Trinajstić information content (AvgIpc) is 2.66. The molecule has 0 radical (unpaired) electrons. The van der Waals surface area contributed by atoms with Gasteiger partial charge < -0.3 is 14.6 Å². The van der Waals surface area contributed by atoms with E-state index < -0.39 is 5.97 Å². The molecule has 0 aliphatic carbocycles. The zero-order chi connectivity index (χ0) is 20.0. The summed E-state index contributed by atoms with van der Waals surface area (Å²) in [5.41, 5.74) is 4.36. The highest BCUT2D eigenvalue weighted by Crippen LogP contribution is 2.37. The van der Waals surface area contributed by atoms with Gasteiger partial charge in [-0.25, -0.2) is 4.79 Å². The average molecular weight is 366 g/mol. The monoisotopic (exact) mass is 366 g/mol. The topological polar surface area (TPSA) is 55.8 Å². The number of rotatable bonds is 6. The lowest BCUT2D eigenvalue weighted by molar-refractivity contribution is 0.0597. The fraction of sp³-hybridized carbons (Fsp3) is 0.261. The maximum Gasteiger partial charge on any atom is 0.342 e. The number of methoxy groups -OCH3 is 2. The Kier molecular flexibility index (Phi) is 6.83. The molecule has 0 aliphatic heterocycles. The Hall–Kier alpha value is -3.01. The fourth-order valence-electron chi connectivity index (χ4n) is 2.84. The summed E-state index contributed by atoms with van der Waals surface area (Å²) in [6.07, 6.45) is 4.29. The Bertz CT molecular complexity index is 873.